The van der Waals surface area contributed by atoms with E-state index in [0.717, 1.165) is 18.6 Å². The third kappa shape index (κ3) is 4.26. The molecule has 0 atom stereocenters. The Bertz CT molecular complexity index is 525. The average Bonchev–Trinajstić information content (AvgIpc) is 2.47. The second-order valence-corrected chi connectivity index (χ2v) is 6.56. The van der Waals surface area contributed by atoms with Crippen LogP contribution in [0.5, 0.6) is 5.75 Å². The highest BCUT2D eigenvalue weighted by Gasteiger charge is 2.28. The van der Waals surface area contributed by atoms with Crippen LogP contribution in [0.15, 0.2) is 37.1 Å². The number of likely N-dealkylation sites (tertiary alicyclic amines) is 1. The molecule has 1 saturated heterocycles. The monoisotopic (exact) mass is 303 g/mol. The van der Waals surface area contributed by atoms with Crippen LogP contribution in [0.1, 0.15) is 45.1 Å². The molecule has 1 aliphatic rings. The van der Waals surface area contributed by atoms with E-state index in [4.69, 9.17) is 9.47 Å². The molecule has 1 amide bonds. The molecule has 0 aromatic heterocycles. The van der Waals surface area contributed by atoms with Gasteiger partial charge in [0.25, 0.3) is 0 Å². The summed E-state index contributed by atoms with van der Waals surface area (Å²) in [7, 11) is 0. The van der Waals surface area contributed by atoms with Crippen molar-refractivity contribution in [2.24, 2.45) is 0 Å². The molecule has 2 rings (SSSR count). The minimum Gasteiger partial charge on any atom is -0.465 e. The number of carbonyl (C=O) groups excluding carboxylic acids is 1. The Morgan fingerprint density at radius 3 is 2.50 bits per heavy atom. The highest BCUT2D eigenvalue weighted by atomic mass is 16.6. The standard InChI is InChI=1S/C18H25NO3/c1-5-21-16-9-7-6-8-15(16)14-10-12-19(13-11-14)17(20)22-18(2,3)4/h5-9,14H,1,10-13H2,2-4H3. The van der Waals surface area contributed by atoms with Gasteiger partial charge in [0.15, 0.2) is 0 Å². The smallest absolute Gasteiger partial charge is 0.410 e. The Balaban J connectivity index is 1.98. The number of hydrogen-bond acceptors (Lipinski definition) is 3. The summed E-state index contributed by atoms with van der Waals surface area (Å²) >= 11 is 0. The minimum atomic E-state index is -0.446. The van der Waals surface area contributed by atoms with Gasteiger partial charge in [-0.1, -0.05) is 24.8 Å². The van der Waals surface area contributed by atoms with Crippen LogP contribution < -0.4 is 4.74 Å². The zero-order valence-corrected chi connectivity index (χ0v) is 13.7. The predicted molar refractivity (Wildman–Crippen MR) is 87.0 cm³/mol. The number of benzene rings is 1. The van der Waals surface area contributed by atoms with Gasteiger partial charge in [0.1, 0.15) is 11.4 Å². The van der Waals surface area contributed by atoms with Crippen LogP contribution in [0.4, 0.5) is 4.79 Å². The van der Waals surface area contributed by atoms with Gasteiger partial charge in [-0.05, 0) is 51.2 Å². The molecule has 4 nitrogen and oxygen atoms in total. The fourth-order valence-electron chi connectivity index (χ4n) is 2.71. The van der Waals surface area contributed by atoms with Gasteiger partial charge in [0.05, 0.1) is 6.26 Å². The van der Waals surface area contributed by atoms with Crippen LogP contribution in [0.3, 0.4) is 0 Å². The fourth-order valence-corrected chi connectivity index (χ4v) is 2.71. The molecule has 1 aliphatic heterocycles. The lowest BCUT2D eigenvalue weighted by atomic mass is 9.89. The average molecular weight is 303 g/mol. The second-order valence-electron chi connectivity index (χ2n) is 6.56. The molecular formula is C18H25NO3. The molecule has 1 fully saturated rings. The van der Waals surface area contributed by atoms with E-state index in [0.29, 0.717) is 19.0 Å². The first kappa shape index (κ1) is 16.4. The Labute approximate surface area is 132 Å². The van der Waals surface area contributed by atoms with Gasteiger partial charge in [0, 0.05) is 13.1 Å². The molecule has 22 heavy (non-hydrogen) atoms. The molecule has 0 aliphatic carbocycles. The van der Waals surface area contributed by atoms with Crippen LogP contribution in [0.25, 0.3) is 0 Å². The first-order valence-corrected chi connectivity index (χ1v) is 7.75. The van der Waals surface area contributed by atoms with E-state index in [-0.39, 0.29) is 6.09 Å². The summed E-state index contributed by atoms with van der Waals surface area (Å²) in [5, 5.41) is 0. The quantitative estimate of drug-likeness (QED) is 0.780. The maximum absolute atomic E-state index is 12.1. The van der Waals surface area contributed by atoms with E-state index in [1.165, 1.54) is 11.8 Å². The molecule has 0 spiro atoms. The normalized spacial score (nSPS) is 16.2. The van der Waals surface area contributed by atoms with E-state index in [1.54, 1.807) is 4.90 Å². The summed E-state index contributed by atoms with van der Waals surface area (Å²) in [5.74, 6) is 1.25. The van der Waals surface area contributed by atoms with Crippen LogP contribution >= 0.6 is 0 Å². The SMILES string of the molecule is C=COc1ccccc1C1CCN(C(=O)OC(C)(C)C)CC1. The van der Waals surface area contributed by atoms with Crippen LogP contribution in [0, 0.1) is 0 Å². The third-order valence-electron chi connectivity index (χ3n) is 3.72. The Kier molecular flexibility index (Phi) is 5.11. The van der Waals surface area contributed by atoms with Crippen molar-refractivity contribution in [3.63, 3.8) is 0 Å². The topological polar surface area (TPSA) is 38.8 Å². The summed E-state index contributed by atoms with van der Waals surface area (Å²) in [6, 6.07) is 8.02. The van der Waals surface area contributed by atoms with Gasteiger partial charge in [-0.3, -0.25) is 0 Å². The van der Waals surface area contributed by atoms with Crippen molar-refractivity contribution in [3.05, 3.63) is 42.7 Å². The third-order valence-corrected chi connectivity index (χ3v) is 3.72. The van der Waals surface area contributed by atoms with E-state index in [1.807, 2.05) is 39.0 Å². The molecule has 1 aromatic rings. The number of piperidine rings is 1. The maximum Gasteiger partial charge on any atom is 0.410 e. The fraction of sp³-hybridized carbons (Fsp3) is 0.500. The van der Waals surface area contributed by atoms with Gasteiger partial charge in [-0.15, -0.1) is 0 Å². The van der Waals surface area contributed by atoms with Crippen molar-refractivity contribution in [1.82, 2.24) is 4.90 Å². The van der Waals surface area contributed by atoms with E-state index in [9.17, 15) is 4.79 Å². The molecule has 0 N–H and O–H groups in total. The number of carbonyl (C=O) groups is 1. The van der Waals surface area contributed by atoms with Crippen LogP contribution in [-0.4, -0.2) is 29.7 Å². The second kappa shape index (κ2) is 6.86. The number of amides is 1. The first-order valence-electron chi connectivity index (χ1n) is 7.75. The van der Waals surface area contributed by atoms with Crippen LogP contribution in [0.2, 0.25) is 0 Å². The number of nitrogens with zero attached hydrogens (tertiary/aromatic N) is 1. The van der Waals surface area contributed by atoms with Crippen molar-refractivity contribution in [1.29, 1.82) is 0 Å². The molecule has 1 heterocycles. The molecule has 0 saturated carbocycles. The molecule has 4 heteroatoms. The Morgan fingerprint density at radius 2 is 1.91 bits per heavy atom. The molecular weight excluding hydrogens is 278 g/mol. The zero-order chi connectivity index (χ0) is 16.2. The largest absolute Gasteiger partial charge is 0.465 e. The maximum atomic E-state index is 12.1. The minimum absolute atomic E-state index is 0.221. The number of ether oxygens (including phenoxy) is 2. The Morgan fingerprint density at radius 1 is 1.27 bits per heavy atom. The van der Waals surface area contributed by atoms with Crippen molar-refractivity contribution >= 4 is 6.09 Å². The van der Waals surface area contributed by atoms with Gasteiger partial charge in [-0.2, -0.15) is 0 Å². The van der Waals surface area contributed by atoms with E-state index < -0.39 is 5.60 Å². The highest BCUT2D eigenvalue weighted by Crippen LogP contribution is 2.34. The summed E-state index contributed by atoms with van der Waals surface area (Å²) in [6.07, 6.45) is 3.06. The molecule has 0 radical (unpaired) electrons. The van der Waals surface area contributed by atoms with Gasteiger partial charge in [-0.25, -0.2) is 4.79 Å². The number of hydrogen-bond donors (Lipinski definition) is 0. The van der Waals surface area contributed by atoms with Crippen molar-refractivity contribution < 1.29 is 14.3 Å². The summed E-state index contributed by atoms with van der Waals surface area (Å²) < 4.78 is 10.9. The van der Waals surface area contributed by atoms with E-state index >= 15 is 0 Å². The predicted octanol–water partition coefficient (Wildman–Crippen LogP) is 4.32. The lowest BCUT2D eigenvalue weighted by Crippen LogP contribution is -2.41. The number of rotatable bonds is 3. The highest BCUT2D eigenvalue weighted by molar-refractivity contribution is 5.68. The molecule has 120 valence electrons. The van der Waals surface area contributed by atoms with Crippen molar-refractivity contribution in [3.8, 4) is 5.75 Å². The Hall–Kier alpha value is -1.97. The number of para-hydroxylation sites is 1. The van der Waals surface area contributed by atoms with Crippen molar-refractivity contribution in [2.75, 3.05) is 13.1 Å². The van der Waals surface area contributed by atoms with Gasteiger partial charge >= 0.3 is 6.09 Å². The summed E-state index contributed by atoms with van der Waals surface area (Å²) in [4.78, 5) is 13.9. The summed E-state index contributed by atoms with van der Waals surface area (Å²) in [5.41, 5.74) is 0.740. The zero-order valence-electron chi connectivity index (χ0n) is 13.7. The molecule has 0 bridgehead atoms. The lowest BCUT2D eigenvalue weighted by molar-refractivity contribution is 0.0204. The summed E-state index contributed by atoms with van der Waals surface area (Å²) in [6.45, 7) is 10.7. The van der Waals surface area contributed by atoms with E-state index in [2.05, 4.69) is 12.6 Å². The lowest BCUT2D eigenvalue weighted by Gasteiger charge is -2.34. The molecule has 1 aromatic carbocycles. The first-order chi connectivity index (χ1) is 10.4. The van der Waals surface area contributed by atoms with Gasteiger partial charge in [0.2, 0.25) is 0 Å². The van der Waals surface area contributed by atoms with Crippen molar-refractivity contribution in [2.45, 2.75) is 45.1 Å². The van der Waals surface area contributed by atoms with Gasteiger partial charge < -0.3 is 14.4 Å². The van der Waals surface area contributed by atoms with Crippen LogP contribution in [-0.2, 0) is 4.74 Å². The molecule has 0 unspecified atom stereocenters.